The van der Waals surface area contributed by atoms with Gasteiger partial charge in [-0.25, -0.2) is 0 Å². The molecule has 106 valence electrons. The SMILES string of the molecule is COCC(O)CN1CCN(Cc2ccccc2)CC1. The van der Waals surface area contributed by atoms with Gasteiger partial charge in [-0.15, -0.1) is 0 Å². The second-order valence-corrected chi connectivity index (χ2v) is 5.17. The Balaban J connectivity index is 1.70. The van der Waals surface area contributed by atoms with Crippen molar-refractivity contribution in [3.8, 4) is 0 Å². The van der Waals surface area contributed by atoms with E-state index in [2.05, 4.69) is 40.1 Å². The third-order valence-corrected chi connectivity index (χ3v) is 3.54. The summed E-state index contributed by atoms with van der Waals surface area (Å²) in [6, 6.07) is 10.6. The van der Waals surface area contributed by atoms with E-state index in [0.717, 1.165) is 32.7 Å². The molecule has 0 aliphatic carbocycles. The van der Waals surface area contributed by atoms with E-state index in [1.54, 1.807) is 7.11 Å². The molecule has 1 aromatic rings. The Morgan fingerprint density at radius 1 is 1.11 bits per heavy atom. The van der Waals surface area contributed by atoms with E-state index >= 15 is 0 Å². The Morgan fingerprint density at radius 3 is 2.37 bits per heavy atom. The van der Waals surface area contributed by atoms with E-state index < -0.39 is 0 Å². The Bertz CT molecular complexity index is 350. The lowest BCUT2D eigenvalue weighted by atomic mass is 10.2. The monoisotopic (exact) mass is 264 g/mol. The number of hydrogen-bond donors (Lipinski definition) is 1. The number of nitrogens with zero attached hydrogens (tertiary/aromatic N) is 2. The molecule has 0 radical (unpaired) electrons. The highest BCUT2D eigenvalue weighted by Crippen LogP contribution is 2.08. The van der Waals surface area contributed by atoms with Gasteiger partial charge in [-0.1, -0.05) is 30.3 Å². The van der Waals surface area contributed by atoms with Crippen LogP contribution in [0, 0.1) is 0 Å². The maximum atomic E-state index is 9.72. The van der Waals surface area contributed by atoms with Crippen LogP contribution in [0.15, 0.2) is 30.3 Å². The molecular weight excluding hydrogens is 240 g/mol. The Kier molecular flexibility index (Phi) is 5.79. The summed E-state index contributed by atoms with van der Waals surface area (Å²) in [4.78, 5) is 4.78. The molecule has 2 rings (SSSR count). The van der Waals surface area contributed by atoms with Crippen molar-refractivity contribution in [3.05, 3.63) is 35.9 Å². The zero-order valence-corrected chi connectivity index (χ0v) is 11.7. The zero-order valence-electron chi connectivity index (χ0n) is 11.7. The van der Waals surface area contributed by atoms with Crippen molar-refractivity contribution in [2.75, 3.05) is 46.4 Å². The summed E-state index contributed by atoms with van der Waals surface area (Å²) in [6.45, 7) is 6.33. The van der Waals surface area contributed by atoms with Gasteiger partial charge in [0.05, 0.1) is 12.7 Å². The normalized spacial score (nSPS) is 19.5. The van der Waals surface area contributed by atoms with Crippen molar-refractivity contribution in [3.63, 3.8) is 0 Å². The van der Waals surface area contributed by atoms with Crippen LogP contribution in [-0.4, -0.2) is 67.5 Å². The fourth-order valence-corrected chi connectivity index (χ4v) is 2.51. The summed E-state index contributed by atoms with van der Waals surface area (Å²) in [7, 11) is 1.63. The molecule has 1 N–H and O–H groups in total. The first-order chi connectivity index (χ1) is 9.28. The Labute approximate surface area is 115 Å². The van der Waals surface area contributed by atoms with Crippen LogP contribution < -0.4 is 0 Å². The van der Waals surface area contributed by atoms with E-state index in [4.69, 9.17) is 4.74 Å². The molecule has 1 heterocycles. The van der Waals surface area contributed by atoms with Gasteiger partial charge in [0.25, 0.3) is 0 Å². The van der Waals surface area contributed by atoms with Crippen molar-refractivity contribution in [1.29, 1.82) is 0 Å². The molecule has 0 saturated carbocycles. The first kappa shape index (κ1) is 14.5. The summed E-state index contributed by atoms with van der Waals surface area (Å²) < 4.78 is 4.96. The molecule has 1 aliphatic heterocycles. The summed E-state index contributed by atoms with van der Waals surface area (Å²) in [5, 5.41) is 9.72. The molecule has 1 aliphatic rings. The van der Waals surface area contributed by atoms with Gasteiger partial charge < -0.3 is 9.84 Å². The number of aliphatic hydroxyl groups excluding tert-OH is 1. The summed E-state index contributed by atoms with van der Waals surface area (Å²) >= 11 is 0. The van der Waals surface area contributed by atoms with Crippen molar-refractivity contribution < 1.29 is 9.84 Å². The molecule has 1 fully saturated rings. The lowest BCUT2D eigenvalue weighted by molar-refractivity contribution is 0.0230. The van der Waals surface area contributed by atoms with E-state index in [-0.39, 0.29) is 6.10 Å². The highest BCUT2D eigenvalue weighted by Gasteiger charge is 2.18. The van der Waals surface area contributed by atoms with Crippen LogP contribution in [0.2, 0.25) is 0 Å². The van der Waals surface area contributed by atoms with Crippen LogP contribution in [-0.2, 0) is 11.3 Å². The molecule has 1 saturated heterocycles. The minimum Gasteiger partial charge on any atom is -0.389 e. The number of ether oxygens (including phenoxy) is 1. The van der Waals surface area contributed by atoms with Gasteiger partial charge in [0.2, 0.25) is 0 Å². The standard InChI is InChI=1S/C15H24N2O2/c1-19-13-15(18)12-17-9-7-16(8-10-17)11-14-5-3-2-4-6-14/h2-6,15,18H,7-13H2,1H3. The van der Waals surface area contributed by atoms with E-state index in [1.165, 1.54) is 5.56 Å². The summed E-state index contributed by atoms with van der Waals surface area (Å²) in [5.74, 6) is 0. The number of methoxy groups -OCH3 is 1. The predicted octanol–water partition coefficient (Wildman–Crippen LogP) is 0.811. The molecule has 1 atom stereocenters. The fraction of sp³-hybridized carbons (Fsp3) is 0.600. The topological polar surface area (TPSA) is 35.9 Å². The van der Waals surface area contributed by atoms with E-state index in [9.17, 15) is 5.11 Å². The van der Waals surface area contributed by atoms with Crippen LogP contribution in [0.5, 0.6) is 0 Å². The summed E-state index contributed by atoms with van der Waals surface area (Å²) in [6.07, 6.45) is -0.370. The average molecular weight is 264 g/mol. The van der Waals surface area contributed by atoms with Crippen molar-refractivity contribution in [1.82, 2.24) is 9.80 Å². The fourth-order valence-electron chi connectivity index (χ4n) is 2.51. The number of benzene rings is 1. The second-order valence-electron chi connectivity index (χ2n) is 5.17. The van der Waals surface area contributed by atoms with Crippen molar-refractivity contribution >= 4 is 0 Å². The number of piperazine rings is 1. The zero-order chi connectivity index (χ0) is 13.5. The quantitative estimate of drug-likeness (QED) is 0.825. The molecule has 0 aromatic heterocycles. The molecule has 4 heteroatoms. The van der Waals surface area contributed by atoms with Gasteiger partial charge >= 0.3 is 0 Å². The largest absolute Gasteiger partial charge is 0.389 e. The summed E-state index contributed by atoms with van der Waals surface area (Å²) in [5.41, 5.74) is 1.37. The van der Waals surface area contributed by atoms with E-state index in [0.29, 0.717) is 13.2 Å². The van der Waals surface area contributed by atoms with Crippen molar-refractivity contribution in [2.45, 2.75) is 12.6 Å². The number of aliphatic hydroxyl groups is 1. The molecule has 1 unspecified atom stereocenters. The van der Waals surface area contributed by atoms with Crippen LogP contribution in [0.3, 0.4) is 0 Å². The minimum absolute atomic E-state index is 0.370. The predicted molar refractivity (Wildman–Crippen MR) is 76.0 cm³/mol. The smallest absolute Gasteiger partial charge is 0.0900 e. The highest BCUT2D eigenvalue weighted by molar-refractivity contribution is 5.14. The molecule has 1 aromatic carbocycles. The van der Waals surface area contributed by atoms with E-state index in [1.807, 2.05) is 0 Å². The number of rotatable bonds is 6. The average Bonchev–Trinajstić information content (AvgIpc) is 2.42. The maximum Gasteiger partial charge on any atom is 0.0900 e. The molecule has 0 bridgehead atoms. The molecule has 0 spiro atoms. The second kappa shape index (κ2) is 7.60. The molecule has 4 nitrogen and oxygen atoms in total. The van der Waals surface area contributed by atoms with Gasteiger partial charge in [-0.2, -0.15) is 0 Å². The lowest BCUT2D eigenvalue weighted by Crippen LogP contribution is -2.48. The van der Waals surface area contributed by atoms with Gasteiger partial charge in [-0.05, 0) is 5.56 Å². The van der Waals surface area contributed by atoms with Crippen molar-refractivity contribution in [2.24, 2.45) is 0 Å². The number of β-amino-alcohol motifs (C(OH)–C–C–N with tert-alkyl or cyclic N) is 1. The Morgan fingerprint density at radius 2 is 1.74 bits per heavy atom. The lowest BCUT2D eigenvalue weighted by Gasteiger charge is -2.35. The first-order valence-corrected chi connectivity index (χ1v) is 6.93. The third-order valence-electron chi connectivity index (χ3n) is 3.54. The molecular formula is C15H24N2O2. The highest BCUT2D eigenvalue weighted by atomic mass is 16.5. The van der Waals surface area contributed by atoms with Gasteiger partial charge in [0, 0.05) is 46.4 Å². The van der Waals surface area contributed by atoms with Gasteiger partial charge in [-0.3, -0.25) is 9.80 Å². The minimum atomic E-state index is -0.370. The Hall–Kier alpha value is -0.940. The first-order valence-electron chi connectivity index (χ1n) is 6.93. The third kappa shape index (κ3) is 4.91. The van der Waals surface area contributed by atoms with Gasteiger partial charge in [0.1, 0.15) is 0 Å². The van der Waals surface area contributed by atoms with Crippen LogP contribution in [0.25, 0.3) is 0 Å². The van der Waals surface area contributed by atoms with Crippen LogP contribution >= 0.6 is 0 Å². The van der Waals surface area contributed by atoms with Crippen LogP contribution in [0.1, 0.15) is 5.56 Å². The molecule has 0 amide bonds. The maximum absolute atomic E-state index is 9.72. The number of hydrogen-bond acceptors (Lipinski definition) is 4. The van der Waals surface area contributed by atoms with Gasteiger partial charge in [0.15, 0.2) is 0 Å². The molecule has 19 heavy (non-hydrogen) atoms. The van der Waals surface area contributed by atoms with Crippen LogP contribution in [0.4, 0.5) is 0 Å².